The fraction of sp³-hybridized carbons (Fsp3) is 1.00. The van der Waals surface area contributed by atoms with Crippen LogP contribution in [0.25, 0.3) is 0 Å². The maximum absolute atomic E-state index is 12.1. The summed E-state index contributed by atoms with van der Waals surface area (Å²) in [5.74, 6) is -0.277. The van der Waals surface area contributed by atoms with E-state index in [4.69, 9.17) is 0 Å². The smallest absolute Gasteiger partial charge is 0.302 e. The van der Waals surface area contributed by atoms with Gasteiger partial charge in [-0.3, -0.25) is 0 Å². The molecule has 1 N–H and O–H groups in total. The number of nitrogens with one attached hydrogen (secondary N) is 1. The van der Waals surface area contributed by atoms with Crippen LogP contribution in [0.1, 0.15) is 12.8 Å². The Bertz CT molecular complexity index is 214. The van der Waals surface area contributed by atoms with Crippen LogP contribution in [0.4, 0.5) is 3.89 Å². The minimum Gasteiger partial charge on any atom is -0.317 e. The molecule has 74 valence electrons. The third-order valence-electron chi connectivity index (χ3n) is 1.89. The standard InChI is InChI=1S/C6H12FNO2S.ClH/c7-11(9,10)5-6-1-3-8-4-2-6;/h6,8H,1-5H2;1H. The highest BCUT2D eigenvalue weighted by Gasteiger charge is 2.19. The van der Waals surface area contributed by atoms with Crippen LogP contribution >= 0.6 is 12.4 Å². The Kier molecular flexibility index (Phi) is 5.04. The van der Waals surface area contributed by atoms with Crippen LogP contribution in [-0.4, -0.2) is 27.3 Å². The summed E-state index contributed by atoms with van der Waals surface area (Å²) in [6, 6.07) is 0. The van der Waals surface area contributed by atoms with Gasteiger partial charge in [-0.2, -0.15) is 8.42 Å². The molecule has 1 aliphatic rings. The van der Waals surface area contributed by atoms with Crippen molar-refractivity contribution in [3.8, 4) is 0 Å². The van der Waals surface area contributed by atoms with Crippen molar-refractivity contribution in [2.75, 3.05) is 18.8 Å². The lowest BCUT2D eigenvalue weighted by molar-refractivity contribution is 0.397. The molecule has 0 aliphatic carbocycles. The van der Waals surface area contributed by atoms with Gasteiger partial charge in [-0.1, -0.05) is 0 Å². The lowest BCUT2D eigenvalue weighted by Crippen LogP contribution is -2.30. The number of hydrogen-bond donors (Lipinski definition) is 1. The van der Waals surface area contributed by atoms with Gasteiger partial charge in [0.15, 0.2) is 0 Å². The lowest BCUT2D eigenvalue weighted by Gasteiger charge is -2.20. The summed E-state index contributed by atoms with van der Waals surface area (Å²) in [7, 11) is -4.25. The van der Waals surface area contributed by atoms with Gasteiger partial charge in [0, 0.05) is 0 Å². The van der Waals surface area contributed by atoms with Crippen LogP contribution in [0.15, 0.2) is 0 Å². The molecule has 1 rings (SSSR count). The van der Waals surface area contributed by atoms with Crippen molar-refractivity contribution in [1.29, 1.82) is 0 Å². The summed E-state index contributed by atoms with van der Waals surface area (Å²) in [5, 5.41) is 3.08. The van der Waals surface area contributed by atoms with Gasteiger partial charge in [-0.05, 0) is 31.8 Å². The zero-order valence-corrected chi connectivity index (χ0v) is 8.26. The van der Waals surface area contributed by atoms with Crippen molar-refractivity contribution in [1.82, 2.24) is 5.32 Å². The molecule has 0 bridgehead atoms. The largest absolute Gasteiger partial charge is 0.317 e. The Morgan fingerprint density at radius 2 is 1.83 bits per heavy atom. The molecule has 3 nitrogen and oxygen atoms in total. The summed E-state index contributed by atoms with van der Waals surface area (Å²) in [6.07, 6.45) is 1.53. The van der Waals surface area contributed by atoms with E-state index in [1.54, 1.807) is 0 Å². The molecular formula is C6H13ClFNO2S. The SMILES string of the molecule is Cl.O=S(=O)(F)CC1CCNCC1. The fourth-order valence-electron chi connectivity index (χ4n) is 1.33. The van der Waals surface area contributed by atoms with Crippen molar-refractivity contribution in [2.45, 2.75) is 12.8 Å². The first-order valence-electron chi connectivity index (χ1n) is 3.71. The van der Waals surface area contributed by atoms with Gasteiger partial charge in [0.05, 0.1) is 5.75 Å². The zero-order valence-electron chi connectivity index (χ0n) is 6.62. The molecule has 0 aromatic rings. The van der Waals surface area contributed by atoms with Gasteiger partial charge < -0.3 is 5.32 Å². The third kappa shape index (κ3) is 4.90. The molecule has 0 radical (unpaired) electrons. The third-order valence-corrected chi connectivity index (χ3v) is 2.76. The summed E-state index contributed by atoms with van der Waals surface area (Å²) in [5.41, 5.74) is 0. The lowest BCUT2D eigenvalue weighted by atomic mass is 10.0. The molecule has 0 aromatic carbocycles. The molecule has 1 fully saturated rings. The van der Waals surface area contributed by atoms with Gasteiger partial charge in [-0.15, -0.1) is 16.3 Å². The molecule has 1 saturated heterocycles. The molecule has 6 heteroatoms. The Morgan fingerprint density at radius 3 is 2.25 bits per heavy atom. The van der Waals surface area contributed by atoms with Crippen LogP contribution < -0.4 is 5.32 Å². The first-order chi connectivity index (χ1) is 5.08. The predicted octanol–water partition coefficient (Wildman–Crippen LogP) is 0.707. The summed E-state index contributed by atoms with van der Waals surface area (Å²) >= 11 is 0. The predicted molar refractivity (Wildman–Crippen MR) is 47.7 cm³/mol. The van der Waals surface area contributed by atoms with E-state index in [0.717, 1.165) is 25.9 Å². The maximum atomic E-state index is 12.1. The van der Waals surface area contributed by atoms with E-state index in [1.807, 2.05) is 0 Å². The molecule has 0 atom stereocenters. The fourth-order valence-corrected chi connectivity index (χ4v) is 2.23. The second-order valence-electron chi connectivity index (χ2n) is 2.90. The molecule has 0 aromatic heterocycles. The van der Waals surface area contributed by atoms with Crippen molar-refractivity contribution in [3.05, 3.63) is 0 Å². The van der Waals surface area contributed by atoms with Crippen molar-refractivity contribution in [2.24, 2.45) is 5.92 Å². The Hall–Kier alpha value is 0.130. The van der Waals surface area contributed by atoms with Gasteiger partial charge in [0.2, 0.25) is 0 Å². The molecule has 0 saturated carbocycles. The minimum absolute atomic E-state index is 0. The topological polar surface area (TPSA) is 46.2 Å². The maximum Gasteiger partial charge on any atom is 0.302 e. The summed E-state index contributed by atoms with van der Waals surface area (Å²) in [6.45, 7) is 1.61. The quantitative estimate of drug-likeness (QED) is 0.693. The van der Waals surface area contributed by atoms with E-state index in [-0.39, 0.29) is 24.1 Å². The summed E-state index contributed by atoms with van der Waals surface area (Å²) in [4.78, 5) is 0. The van der Waals surface area contributed by atoms with Gasteiger partial charge >= 0.3 is 10.2 Å². The molecule has 1 aliphatic heterocycles. The molecule has 0 spiro atoms. The molecule has 1 heterocycles. The first kappa shape index (κ1) is 12.1. The van der Waals surface area contributed by atoms with Crippen LogP contribution in [0, 0.1) is 5.92 Å². The van der Waals surface area contributed by atoms with Crippen LogP contribution in [-0.2, 0) is 10.2 Å². The summed E-state index contributed by atoms with van der Waals surface area (Å²) < 4.78 is 32.6. The van der Waals surface area contributed by atoms with Gasteiger partial charge in [-0.25, -0.2) is 0 Å². The van der Waals surface area contributed by atoms with Crippen molar-refractivity contribution >= 4 is 22.6 Å². The highest BCUT2D eigenvalue weighted by Crippen LogP contribution is 2.14. The second kappa shape index (κ2) is 4.99. The average molecular weight is 218 g/mol. The van der Waals surface area contributed by atoms with Crippen LogP contribution in [0.2, 0.25) is 0 Å². The van der Waals surface area contributed by atoms with E-state index in [0.29, 0.717) is 0 Å². The molecule has 12 heavy (non-hydrogen) atoms. The highest BCUT2D eigenvalue weighted by atomic mass is 35.5. The molecule has 0 amide bonds. The minimum atomic E-state index is -4.25. The van der Waals surface area contributed by atoms with E-state index in [9.17, 15) is 12.3 Å². The van der Waals surface area contributed by atoms with E-state index in [1.165, 1.54) is 0 Å². The normalized spacial score (nSPS) is 20.1. The van der Waals surface area contributed by atoms with E-state index >= 15 is 0 Å². The van der Waals surface area contributed by atoms with Crippen molar-refractivity contribution < 1.29 is 12.3 Å². The number of halogens is 2. The second-order valence-corrected chi connectivity index (χ2v) is 4.31. The zero-order chi connectivity index (χ0) is 8.32. The van der Waals surface area contributed by atoms with Gasteiger partial charge in [0.1, 0.15) is 0 Å². The Morgan fingerprint density at radius 1 is 1.33 bits per heavy atom. The number of hydrogen-bond acceptors (Lipinski definition) is 3. The Labute approximate surface area is 78.3 Å². The van der Waals surface area contributed by atoms with Crippen LogP contribution in [0.3, 0.4) is 0 Å². The van der Waals surface area contributed by atoms with Crippen LogP contribution in [0.5, 0.6) is 0 Å². The molecule has 0 unspecified atom stereocenters. The number of rotatable bonds is 2. The van der Waals surface area contributed by atoms with E-state index < -0.39 is 10.2 Å². The number of piperidine rings is 1. The van der Waals surface area contributed by atoms with E-state index in [2.05, 4.69) is 5.32 Å². The first-order valence-corrected chi connectivity index (χ1v) is 5.26. The van der Waals surface area contributed by atoms with Crippen molar-refractivity contribution in [3.63, 3.8) is 0 Å². The molecular weight excluding hydrogens is 205 g/mol. The Balaban J connectivity index is 0.00000121. The monoisotopic (exact) mass is 217 g/mol. The highest BCUT2D eigenvalue weighted by molar-refractivity contribution is 7.86. The van der Waals surface area contributed by atoms with Gasteiger partial charge in [0.25, 0.3) is 0 Å². The average Bonchev–Trinajstić information content (AvgIpc) is 1.85.